The summed E-state index contributed by atoms with van der Waals surface area (Å²) in [6.07, 6.45) is 7.91. The monoisotopic (exact) mass is 437 g/mol. The highest BCUT2D eigenvalue weighted by Gasteiger charge is 2.53. The number of hydrogen-bond acceptors (Lipinski definition) is 5. The van der Waals surface area contributed by atoms with Crippen molar-refractivity contribution in [1.82, 2.24) is 24.3 Å². The van der Waals surface area contributed by atoms with Gasteiger partial charge in [-0.25, -0.2) is 0 Å². The molecule has 2 aromatic heterocycles. The molecule has 2 aromatic rings. The Kier molecular flexibility index (Phi) is 5.88. The number of carbonyl (C=O) groups excluding carboxylic acids is 2. The average molecular weight is 438 g/mol. The second-order valence-corrected chi connectivity index (χ2v) is 9.24. The number of piperidine rings is 1. The predicted molar refractivity (Wildman–Crippen MR) is 120 cm³/mol. The van der Waals surface area contributed by atoms with Gasteiger partial charge in [0, 0.05) is 31.5 Å². The number of amides is 2. The molecule has 1 spiro atoms. The average Bonchev–Trinajstić information content (AvgIpc) is 3.18. The molecule has 0 N–H and O–H groups in total. The summed E-state index contributed by atoms with van der Waals surface area (Å²) in [6.45, 7) is 9.08. The van der Waals surface area contributed by atoms with Crippen molar-refractivity contribution in [2.45, 2.75) is 71.5 Å². The predicted octanol–water partition coefficient (Wildman–Crippen LogP) is 2.31. The highest BCUT2D eigenvalue weighted by Crippen LogP contribution is 2.39. The number of hydrogen-bond donors (Lipinski definition) is 0. The summed E-state index contributed by atoms with van der Waals surface area (Å²) in [5.74, 6) is -0.318. The number of aryl methyl sites for hydroxylation is 2. The molecule has 4 heterocycles. The van der Waals surface area contributed by atoms with E-state index in [0.717, 1.165) is 25.1 Å². The summed E-state index contributed by atoms with van der Waals surface area (Å²) >= 11 is 0. The van der Waals surface area contributed by atoms with E-state index in [1.54, 1.807) is 36.5 Å². The third-order valence-corrected chi connectivity index (χ3v) is 6.76. The Labute approximate surface area is 188 Å². The van der Waals surface area contributed by atoms with Crippen LogP contribution in [0.4, 0.5) is 0 Å². The molecule has 0 bridgehead atoms. The fourth-order valence-electron chi connectivity index (χ4n) is 5.03. The Bertz CT molecular complexity index is 1090. The molecule has 0 aliphatic carbocycles. The van der Waals surface area contributed by atoms with Crippen LogP contribution in [0.25, 0.3) is 0 Å². The van der Waals surface area contributed by atoms with E-state index >= 15 is 0 Å². The lowest BCUT2D eigenvalue weighted by Crippen LogP contribution is -2.62. The molecule has 170 valence electrons. The third kappa shape index (κ3) is 3.72. The SMILES string of the molecule is Cc1cnc(Cn2ccc(C)c(C(=O)N3CCCC34CCCN(C(C)C)C4=O)c2=O)cn1. The number of aromatic nitrogens is 3. The van der Waals surface area contributed by atoms with Gasteiger partial charge in [-0.15, -0.1) is 0 Å². The van der Waals surface area contributed by atoms with Gasteiger partial charge in [0.2, 0.25) is 5.91 Å². The molecule has 0 radical (unpaired) electrons. The first-order chi connectivity index (χ1) is 15.2. The number of nitrogens with zero attached hydrogens (tertiary/aromatic N) is 5. The first-order valence-corrected chi connectivity index (χ1v) is 11.4. The standard InChI is InChI=1S/C24H31N5O3/c1-16(2)28-10-5-8-24(23(28)32)9-6-11-29(24)22(31)20-17(3)7-12-27(21(20)30)15-19-14-25-18(4)13-26-19/h7,12-14,16H,5-6,8-11,15H2,1-4H3. The summed E-state index contributed by atoms with van der Waals surface area (Å²) in [7, 11) is 0. The van der Waals surface area contributed by atoms with E-state index in [2.05, 4.69) is 9.97 Å². The summed E-state index contributed by atoms with van der Waals surface area (Å²) in [6, 6.07) is 1.87. The van der Waals surface area contributed by atoms with E-state index < -0.39 is 5.54 Å². The minimum Gasteiger partial charge on any atom is -0.338 e. The highest BCUT2D eigenvalue weighted by atomic mass is 16.2. The zero-order valence-electron chi connectivity index (χ0n) is 19.3. The van der Waals surface area contributed by atoms with Crippen LogP contribution in [0.15, 0.2) is 29.5 Å². The first-order valence-electron chi connectivity index (χ1n) is 11.4. The van der Waals surface area contributed by atoms with Crippen molar-refractivity contribution in [3.8, 4) is 0 Å². The van der Waals surface area contributed by atoms with Gasteiger partial charge in [-0.3, -0.25) is 24.4 Å². The van der Waals surface area contributed by atoms with E-state index in [-0.39, 0.29) is 35.5 Å². The zero-order chi connectivity index (χ0) is 23.0. The molecule has 1 unspecified atom stereocenters. The van der Waals surface area contributed by atoms with Gasteiger partial charge in [-0.1, -0.05) is 0 Å². The van der Waals surface area contributed by atoms with Crippen molar-refractivity contribution in [2.24, 2.45) is 0 Å². The van der Waals surface area contributed by atoms with Crippen LogP contribution in [0.2, 0.25) is 0 Å². The Balaban J connectivity index is 1.69. The van der Waals surface area contributed by atoms with E-state index in [1.807, 2.05) is 25.7 Å². The lowest BCUT2D eigenvalue weighted by atomic mass is 9.84. The Hall–Kier alpha value is -3.03. The Morgan fingerprint density at radius 2 is 1.81 bits per heavy atom. The fourth-order valence-corrected chi connectivity index (χ4v) is 5.03. The number of rotatable bonds is 4. The van der Waals surface area contributed by atoms with E-state index in [4.69, 9.17) is 0 Å². The van der Waals surface area contributed by atoms with E-state index in [9.17, 15) is 14.4 Å². The van der Waals surface area contributed by atoms with Crippen molar-refractivity contribution in [1.29, 1.82) is 0 Å². The smallest absolute Gasteiger partial charge is 0.264 e. The van der Waals surface area contributed by atoms with Crippen LogP contribution in [0, 0.1) is 13.8 Å². The number of likely N-dealkylation sites (tertiary alicyclic amines) is 2. The highest BCUT2D eigenvalue weighted by molar-refractivity contribution is 6.00. The van der Waals surface area contributed by atoms with Gasteiger partial charge in [0.25, 0.3) is 11.5 Å². The van der Waals surface area contributed by atoms with Crippen LogP contribution in [0.1, 0.15) is 66.8 Å². The molecule has 2 saturated heterocycles. The topological polar surface area (TPSA) is 88.4 Å². The minimum atomic E-state index is -0.832. The molecule has 4 rings (SSSR count). The second-order valence-electron chi connectivity index (χ2n) is 9.24. The zero-order valence-corrected chi connectivity index (χ0v) is 19.3. The Morgan fingerprint density at radius 1 is 1.09 bits per heavy atom. The summed E-state index contributed by atoms with van der Waals surface area (Å²) < 4.78 is 1.49. The molecular formula is C24H31N5O3. The second kappa shape index (κ2) is 8.48. The maximum absolute atomic E-state index is 13.7. The van der Waals surface area contributed by atoms with Gasteiger partial charge in [0.05, 0.1) is 24.1 Å². The van der Waals surface area contributed by atoms with Gasteiger partial charge in [0.1, 0.15) is 11.1 Å². The molecule has 0 saturated carbocycles. The molecule has 1 atom stereocenters. The maximum atomic E-state index is 13.7. The quantitative estimate of drug-likeness (QED) is 0.732. The Morgan fingerprint density at radius 3 is 2.47 bits per heavy atom. The lowest BCUT2D eigenvalue weighted by molar-refractivity contribution is -0.147. The minimum absolute atomic E-state index is 0.0217. The van der Waals surface area contributed by atoms with Gasteiger partial charge < -0.3 is 14.4 Å². The summed E-state index contributed by atoms with van der Waals surface area (Å²) in [5.41, 5.74) is 1.02. The first kappa shape index (κ1) is 22.2. The lowest BCUT2D eigenvalue weighted by Gasteiger charge is -2.46. The molecule has 2 aliphatic rings. The van der Waals surface area contributed by atoms with Gasteiger partial charge in [0.15, 0.2) is 0 Å². The van der Waals surface area contributed by atoms with Crippen LogP contribution >= 0.6 is 0 Å². The normalized spacial score (nSPS) is 21.1. The number of pyridine rings is 1. The van der Waals surface area contributed by atoms with Gasteiger partial charge in [-0.2, -0.15) is 0 Å². The number of carbonyl (C=O) groups is 2. The summed E-state index contributed by atoms with van der Waals surface area (Å²) in [4.78, 5) is 52.7. The van der Waals surface area contributed by atoms with Crippen LogP contribution < -0.4 is 5.56 Å². The molecule has 2 aliphatic heterocycles. The van der Waals surface area contributed by atoms with Crippen molar-refractivity contribution < 1.29 is 9.59 Å². The largest absolute Gasteiger partial charge is 0.338 e. The summed E-state index contributed by atoms with van der Waals surface area (Å²) in [5, 5.41) is 0. The molecule has 2 amide bonds. The van der Waals surface area contributed by atoms with Crippen molar-refractivity contribution in [3.63, 3.8) is 0 Å². The maximum Gasteiger partial charge on any atom is 0.264 e. The van der Waals surface area contributed by atoms with E-state index in [1.165, 1.54) is 4.57 Å². The molecule has 8 heteroatoms. The van der Waals surface area contributed by atoms with E-state index in [0.29, 0.717) is 30.6 Å². The van der Waals surface area contributed by atoms with Crippen molar-refractivity contribution in [2.75, 3.05) is 13.1 Å². The van der Waals surface area contributed by atoms with Crippen molar-refractivity contribution >= 4 is 11.8 Å². The fraction of sp³-hybridized carbons (Fsp3) is 0.542. The molecule has 0 aromatic carbocycles. The molecule has 8 nitrogen and oxygen atoms in total. The molecular weight excluding hydrogens is 406 g/mol. The van der Waals surface area contributed by atoms with Crippen molar-refractivity contribution in [3.05, 3.63) is 57.5 Å². The van der Waals surface area contributed by atoms with Crippen LogP contribution in [-0.2, 0) is 11.3 Å². The molecule has 2 fully saturated rings. The third-order valence-electron chi connectivity index (χ3n) is 6.76. The van der Waals surface area contributed by atoms with Gasteiger partial charge in [-0.05, 0) is 65.0 Å². The van der Waals surface area contributed by atoms with Crippen LogP contribution in [0.3, 0.4) is 0 Å². The van der Waals surface area contributed by atoms with Crippen LogP contribution in [0.5, 0.6) is 0 Å². The molecule has 32 heavy (non-hydrogen) atoms. The van der Waals surface area contributed by atoms with Gasteiger partial charge >= 0.3 is 0 Å². The van der Waals surface area contributed by atoms with Crippen LogP contribution in [-0.4, -0.2) is 60.8 Å².